The summed E-state index contributed by atoms with van der Waals surface area (Å²) in [6.07, 6.45) is 1.71. The van der Waals surface area contributed by atoms with Crippen molar-refractivity contribution in [3.05, 3.63) is 52.4 Å². The van der Waals surface area contributed by atoms with Gasteiger partial charge in [0, 0.05) is 18.7 Å². The van der Waals surface area contributed by atoms with E-state index in [9.17, 15) is 18.0 Å². The second kappa shape index (κ2) is 7.60. The number of nitrogens with zero attached hydrogens (tertiary/aromatic N) is 1. The predicted octanol–water partition coefficient (Wildman–Crippen LogP) is 1.90. The third kappa shape index (κ3) is 3.97. The Balaban J connectivity index is 1.62. The highest BCUT2D eigenvalue weighted by Gasteiger charge is 2.27. The van der Waals surface area contributed by atoms with Gasteiger partial charge >= 0.3 is 5.91 Å². The number of hydrogen-bond donors (Lipinski definition) is 2. The van der Waals surface area contributed by atoms with Crippen molar-refractivity contribution in [3.63, 3.8) is 0 Å². The number of carbonyl (C=O) groups is 2. The first-order valence-electron chi connectivity index (χ1n) is 7.84. The zero-order valence-electron chi connectivity index (χ0n) is 13.6. The van der Waals surface area contributed by atoms with Crippen LogP contribution < -0.4 is 10.9 Å². The van der Waals surface area contributed by atoms with Crippen molar-refractivity contribution in [1.29, 1.82) is 0 Å². The minimum atomic E-state index is -3.53. The van der Waals surface area contributed by atoms with E-state index in [1.54, 1.807) is 6.07 Å². The number of halogens is 1. The largest absolute Gasteiger partial charge is 0.444 e. The highest BCUT2D eigenvalue weighted by molar-refractivity contribution is 9.10. The molecule has 1 aromatic carbocycles. The molecule has 0 saturated carbocycles. The summed E-state index contributed by atoms with van der Waals surface area (Å²) in [5.41, 5.74) is 4.68. The van der Waals surface area contributed by atoms with Crippen molar-refractivity contribution in [3.8, 4) is 0 Å². The Hall–Kier alpha value is -2.17. The van der Waals surface area contributed by atoms with E-state index in [1.807, 2.05) is 0 Å². The molecule has 26 heavy (non-hydrogen) atoms. The lowest BCUT2D eigenvalue weighted by Gasteiger charge is -2.15. The monoisotopic (exact) mass is 441 g/mol. The number of amides is 2. The SMILES string of the molecule is O=C(NNC(=O)c1ccc(Br)o1)c1ccc(S(=O)(=O)N2CCCC2)cc1. The van der Waals surface area contributed by atoms with E-state index in [2.05, 4.69) is 26.8 Å². The molecule has 1 saturated heterocycles. The number of sulfonamides is 1. The number of carbonyl (C=O) groups excluding carboxylic acids is 2. The lowest BCUT2D eigenvalue weighted by Crippen LogP contribution is -2.41. The predicted molar refractivity (Wildman–Crippen MR) is 95.8 cm³/mol. The number of benzene rings is 1. The van der Waals surface area contributed by atoms with Crippen molar-refractivity contribution in [2.45, 2.75) is 17.7 Å². The van der Waals surface area contributed by atoms with Gasteiger partial charge in [0.1, 0.15) is 0 Å². The zero-order chi connectivity index (χ0) is 18.7. The van der Waals surface area contributed by atoms with Gasteiger partial charge in [-0.3, -0.25) is 20.4 Å². The molecule has 0 bridgehead atoms. The van der Waals surface area contributed by atoms with Gasteiger partial charge < -0.3 is 4.42 Å². The number of hydrazine groups is 1. The number of nitrogens with one attached hydrogen (secondary N) is 2. The first-order chi connectivity index (χ1) is 12.4. The number of rotatable bonds is 4. The van der Waals surface area contributed by atoms with Crippen LogP contribution in [0.2, 0.25) is 0 Å². The van der Waals surface area contributed by atoms with Crippen LogP contribution in [0.4, 0.5) is 0 Å². The average Bonchev–Trinajstić information content (AvgIpc) is 3.31. The Morgan fingerprint density at radius 1 is 0.962 bits per heavy atom. The minimum Gasteiger partial charge on any atom is -0.444 e. The van der Waals surface area contributed by atoms with Gasteiger partial charge in [0.25, 0.3) is 5.91 Å². The fraction of sp³-hybridized carbons (Fsp3) is 0.250. The van der Waals surface area contributed by atoms with E-state index in [1.165, 1.54) is 34.6 Å². The molecule has 1 aliphatic heterocycles. The molecular weight excluding hydrogens is 426 g/mol. The molecule has 1 aromatic heterocycles. The summed E-state index contributed by atoms with van der Waals surface area (Å²) >= 11 is 3.08. The molecular formula is C16H16BrN3O5S. The van der Waals surface area contributed by atoms with Crippen LogP contribution in [-0.2, 0) is 10.0 Å². The highest BCUT2D eigenvalue weighted by atomic mass is 79.9. The summed E-state index contributed by atoms with van der Waals surface area (Å²) < 4.78 is 31.8. The van der Waals surface area contributed by atoms with Crippen LogP contribution in [0.3, 0.4) is 0 Å². The van der Waals surface area contributed by atoms with Crippen molar-refractivity contribution < 1.29 is 22.4 Å². The fourth-order valence-electron chi connectivity index (χ4n) is 2.54. The summed E-state index contributed by atoms with van der Waals surface area (Å²) in [7, 11) is -3.53. The van der Waals surface area contributed by atoms with E-state index in [0.29, 0.717) is 17.8 Å². The lowest BCUT2D eigenvalue weighted by atomic mass is 10.2. The van der Waals surface area contributed by atoms with Crippen molar-refractivity contribution in [2.24, 2.45) is 0 Å². The summed E-state index contributed by atoms with van der Waals surface area (Å²) in [6.45, 7) is 1.03. The van der Waals surface area contributed by atoms with Crippen LogP contribution in [0.5, 0.6) is 0 Å². The Morgan fingerprint density at radius 3 is 2.15 bits per heavy atom. The molecule has 0 unspecified atom stereocenters. The topological polar surface area (TPSA) is 109 Å². The quantitative estimate of drug-likeness (QED) is 0.704. The van der Waals surface area contributed by atoms with Crippen LogP contribution >= 0.6 is 15.9 Å². The van der Waals surface area contributed by atoms with Crippen LogP contribution in [0.25, 0.3) is 0 Å². The van der Waals surface area contributed by atoms with Crippen LogP contribution in [-0.4, -0.2) is 37.6 Å². The summed E-state index contributed by atoms with van der Waals surface area (Å²) in [4.78, 5) is 24.0. The molecule has 2 amide bonds. The highest BCUT2D eigenvalue weighted by Crippen LogP contribution is 2.21. The number of hydrogen-bond acceptors (Lipinski definition) is 5. The van der Waals surface area contributed by atoms with Crippen LogP contribution in [0, 0.1) is 0 Å². The Morgan fingerprint density at radius 2 is 1.58 bits per heavy atom. The van der Waals surface area contributed by atoms with E-state index < -0.39 is 21.8 Å². The summed E-state index contributed by atoms with van der Waals surface area (Å²) in [5, 5.41) is 0. The van der Waals surface area contributed by atoms with Gasteiger partial charge in [0.15, 0.2) is 10.4 Å². The lowest BCUT2D eigenvalue weighted by molar-refractivity contribution is 0.0830. The first kappa shape index (κ1) is 18.6. The van der Waals surface area contributed by atoms with Gasteiger partial charge in [0.2, 0.25) is 10.0 Å². The van der Waals surface area contributed by atoms with Crippen LogP contribution in [0.1, 0.15) is 33.8 Å². The maximum absolute atomic E-state index is 12.4. The normalized spacial score (nSPS) is 15.0. The molecule has 0 atom stereocenters. The molecule has 2 aromatic rings. The molecule has 3 rings (SSSR count). The number of furan rings is 1. The Labute approximate surface area is 158 Å². The second-order valence-corrected chi connectivity index (χ2v) is 8.37. The summed E-state index contributed by atoms with van der Waals surface area (Å²) in [5.74, 6) is -1.16. The minimum absolute atomic E-state index is 0.0317. The smallest absolute Gasteiger partial charge is 0.305 e. The summed E-state index contributed by atoms with van der Waals surface area (Å²) in [6, 6.07) is 8.56. The van der Waals surface area contributed by atoms with Crippen molar-refractivity contribution in [2.75, 3.05) is 13.1 Å². The zero-order valence-corrected chi connectivity index (χ0v) is 16.0. The molecule has 1 fully saturated rings. The molecule has 8 nitrogen and oxygen atoms in total. The van der Waals surface area contributed by atoms with Crippen LogP contribution in [0.15, 0.2) is 50.4 Å². The van der Waals surface area contributed by atoms with Gasteiger partial charge in [-0.1, -0.05) is 0 Å². The maximum atomic E-state index is 12.4. The molecule has 138 valence electrons. The molecule has 0 spiro atoms. The molecule has 10 heteroatoms. The van der Waals surface area contributed by atoms with Crippen molar-refractivity contribution >= 4 is 37.8 Å². The Kier molecular flexibility index (Phi) is 5.44. The third-order valence-corrected chi connectivity index (χ3v) is 6.24. The maximum Gasteiger partial charge on any atom is 0.305 e. The van der Waals surface area contributed by atoms with E-state index >= 15 is 0 Å². The van der Waals surface area contributed by atoms with Gasteiger partial charge in [0.05, 0.1) is 4.90 Å². The molecule has 1 aliphatic rings. The van der Waals surface area contributed by atoms with Crippen molar-refractivity contribution in [1.82, 2.24) is 15.2 Å². The third-order valence-electron chi connectivity index (χ3n) is 3.91. The van der Waals surface area contributed by atoms with E-state index in [0.717, 1.165) is 12.8 Å². The molecule has 0 aliphatic carbocycles. The Bertz CT molecular complexity index is 918. The standard InChI is InChI=1S/C16H16BrN3O5S/c17-14-8-7-13(25-14)16(22)19-18-15(21)11-3-5-12(6-4-11)26(23,24)20-9-1-2-10-20/h3-8H,1-2,9-10H2,(H,18,21)(H,19,22). The van der Waals surface area contributed by atoms with Gasteiger partial charge in [-0.2, -0.15) is 4.31 Å². The van der Waals surface area contributed by atoms with E-state index in [-0.39, 0.29) is 16.2 Å². The second-order valence-electron chi connectivity index (χ2n) is 5.65. The average molecular weight is 442 g/mol. The van der Waals surface area contributed by atoms with Gasteiger partial charge in [-0.15, -0.1) is 0 Å². The molecule has 2 N–H and O–H groups in total. The van der Waals surface area contributed by atoms with Gasteiger partial charge in [-0.25, -0.2) is 8.42 Å². The molecule has 0 radical (unpaired) electrons. The van der Waals surface area contributed by atoms with Gasteiger partial charge in [-0.05, 0) is 65.2 Å². The first-order valence-corrected chi connectivity index (χ1v) is 10.1. The van der Waals surface area contributed by atoms with E-state index in [4.69, 9.17) is 4.42 Å². The molecule has 2 heterocycles. The fourth-order valence-corrected chi connectivity index (χ4v) is 4.36.